The predicted octanol–water partition coefficient (Wildman–Crippen LogP) is 4.24. The molecule has 0 heterocycles. The van der Waals surface area contributed by atoms with Crippen LogP contribution in [0.4, 0.5) is 0 Å². The summed E-state index contributed by atoms with van der Waals surface area (Å²) >= 11 is 0. The largest absolute Gasteiger partial charge is 0.376 e. The summed E-state index contributed by atoms with van der Waals surface area (Å²) in [5.74, 6) is 0.515. The lowest BCUT2D eigenvalue weighted by atomic mass is 9.93. The number of ketones is 1. The van der Waals surface area contributed by atoms with Gasteiger partial charge in [0.15, 0.2) is 5.78 Å². The highest BCUT2D eigenvalue weighted by Crippen LogP contribution is 2.38. The van der Waals surface area contributed by atoms with E-state index < -0.39 is 11.6 Å². The van der Waals surface area contributed by atoms with Crippen molar-refractivity contribution >= 4 is 11.7 Å². The van der Waals surface area contributed by atoms with Gasteiger partial charge in [-0.15, -0.1) is 0 Å². The third-order valence-corrected chi connectivity index (χ3v) is 4.29. The fourth-order valence-corrected chi connectivity index (χ4v) is 2.29. The van der Waals surface area contributed by atoms with Crippen molar-refractivity contribution in [3.8, 4) is 0 Å². The molecule has 4 nitrogen and oxygen atoms in total. The minimum Gasteiger partial charge on any atom is -0.376 e. The summed E-state index contributed by atoms with van der Waals surface area (Å²) in [6, 6.07) is 11.4. The first kappa shape index (κ1) is 23.3. The SMILES string of the molecule is CC.CCC(=O)C(NC(=O)C1C[C@H]1C)C(C)(C)OC.c1ccccc1. The number of nitrogens with one attached hydrogen (secondary N) is 1. The van der Waals surface area contributed by atoms with Gasteiger partial charge in [0.1, 0.15) is 6.04 Å². The molecule has 1 aromatic rings. The van der Waals surface area contributed by atoms with Crippen molar-refractivity contribution in [2.75, 3.05) is 7.11 Å². The van der Waals surface area contributed by atoms with Crippen LogP contribution in [-0.2, 0) is 14.3 Å². The molecule has 0 aliphatic heterocycles. The number of rotatable bonds is 6. The van der Waals surface area contributed by atoms with Crippen molar-refractivity contribution < 1.29 is 14.3 Å². The molecule has 2 rings (SSSR count). The Hall–Kier alpha value is -1.68. The van der Waals surface area contributed by atoms with Gasteiger partial charge in [0, 0.05) is 19.4 Å². The Bertz CT molecular complexity index is 472. The normalized spacial score (nSPS) is 19.3. The maximum Gasteiger partial charge on any atom is 0.224 e. The van der Waals surface area contributed by atoms with E-state index in [1.165, 1.54) is 0 Å². The topological polar surface area (TPSA) is 55.4 Å². The molecule has 0 aromatic heterocycles. The molecule has 1 aromatic carbocycles. The van der Waals surface area contributed by atoms with Gasteiger partial charge in [-0.3, -0.25) is 9.59 Å². The average Bonchev–Trinajstić information content (AvgIpc) is 3.39. The second-order valence-electron chi connectivity index (χ2n) is 6.54. The van der Waals surface area contributed by atoms with Crippen molar-refractivity contribution in [1.29, 1.82) is 0 Å². The van der Waals surface area contributed by atoms with E-state index in [1.807, 2.05) is 71.0 Å². The van der Waals surface area contributed by atoms with Gasteiger partial charge in [0.05, 0.1) is 5.60 Å². The molecule has 1 N–H and O–H groups in total. The average molecular weight is 350 g/mol. The van der Waals surface area contributed by atoms with Crippen molar-refractivity contribution in [2.45, 2.75) is 66.0 Å². The number of carbonyl (C=O) groups excluding carboxylic acids is 2. The van der Waals surface area contributed by atoms with Gasteiger partial charge >= 0.3 is 0 Å². The molecule has 3 atom stereocenters. The Morgan fingerprint density at radius 1 is 1.12 bits per heavy atom. The summed E-state index contributed by atoms with van der Waals surface area (Å²) in [6.07, 6.45) is 1.32. The minimum absolute atomic E-state index is 0.0125. The second-order valence-corrected chi connectivity index (χ2v) is 6.54. The first-order valence-electron chi connectivity index (χ1n) is 9.21. The monoisotopic (exact) mass is 349 g/mol. The van der Waals surface area contributed by atoms with Crippen LogP contribution < -0.4 is 5.32 Å². The molecule has 0 spiro atoms. The van der Waals surface area contributed by atoms with Crippen LogP contribution in [0.2, 0.25) is 0 Å². The van der Waals surface area contributed by atoms with E-state index in [-0.39, 0.29) is 17.6 Å². The Morgan fingerprint density at radius 2 is 1.52 bits per heavy atom. The van der Waals surface area contributed by atoms with Crippen LogP contribution >= 0.6 is 0 Å². The molecule has 142 valence electrons. The summed E-state index contributed by atoms with van der Waals surface area (Å²) in [6.45, 7) is 11.5. The Kier molecular flexibility index (Phi) is 11.0. The van der Waals surface area contributed by atoms with Gasteiger partial charge in [-0.25, -0.2) is 0 Å². The van der Waals surface area contributed by atoms with Gasteiger partial charge in [0.25, 0.3) is 0 Å². The van der Waals surface area contributed by atoms with E-state index in [0.29, 0.717) is 12.3 Å². The van der Waals surface area contributed by atoms with Crippen LogP contribution in [0, 0.1) is 11.8 Å². The summed E-state index contributed by atoms with van der Waals surface area (Å²) in [5, 5.41) is 2.84. The van der Waals surface area contributed by atoms with Crippen LogP contribution in [0.3, 0.4) is 0 Å². The van der Waals surface area contributed by atoms with E-state index in [2.05, 4.69) is 5.32 Å². The van der Waals surface area contributed by atoms with Gasteiger partial charge < -0.3 is 10.1 Å². The minimum atomic E-state index is -0.666. The molecule has 0 bridgehead atoms. The Balaban J connectivity index is 0.000000596. The zero-order chi connectivity index (χ0) is 19.5. The van der Waals surface area contributed by atoms with Crippen LogP contribution in [0.5, 0.6) is 0 Å². The number of benzene rings is 1. The molecule has 1 aliphatic rings. The number of hydrogen-bond acceptors (Lipinski definition) is 3. The first-order valence-corrected chi connectivity index (χ1v) is 9.21. The summed E-state index contributed by atoms with van der Waals surface area (Å²) in [5.41, 5.74) is -0.666. The number of Topliss-reactive ketones (excluding diaryl/α,β-unsaturated/α-hetero) is 1. The van der Waals surface area contributed by atoms with E-state index in [1.54, 1.807) is 14.0 Å². The molecular formula is C21H35NO3. The fraction of sp³-hybridized carbons (Fsp3) is 0.619. The van der Waals surface area contributed by atoms with Crippen LogP contribution in [0.15, 0.2) is 36.4 Å². The number of hydrogen-bond donors (Lipinski definition) is 1. The number of methoxy groups -OCH3 is 1. The third-order valence-electron chi connectivity index (χ3n) is 4.29. The molecule has 1 saturated carbocycles. The lowest BCUT2D eigenvalue weighted by molar-refractivity contribution is -0.135. The maximum atomic E-state index is 11.9. The number of ether oxygens (including phenoxy) is 1. The van der Waals surface area contributed by atoms with Gasteiger partial charge in [-0.2, -0.15) is 0 Å². The fourth-order valence-electron chi connectivity index (χ4n) is 2.29. The van der Waals surface area contributed by atoms with Crippen molar-refractivity contribution in [3.05, 3.63) is 36.4 Å². The second kappa shape index (κ2) is 11.8. The van der Waals surface area contributed by atoms with E-state index in [9.17, 15) is 9.59 Å². The molecule has 0 saturated heterocycles. The first-order chi connectivity index (χ1) is 11.8. The highest BCUT2D eigenvalue weighted by Gasteiger charge is 2.43. The molecule has 1 amide bonds. The van der Waals surface area contributed by atoms with E-state index >= 15 is 0 Å². The molecule has 1 fully saturated rings. The quantitative estimate of drug-likeness (QED) is 0.835. The molecule has 4 heteroatoms. The van der Waals surface area contributed by atoms with Crippen molar-refractivity contribution in [2.24, 2.45) is 11.8 Å². The molecular weight excluding hydrogens is 314 g/mol. The molecule has 0 radical (unpaired) electrons. The number of amides is 1. The zero-order valence-electron chi connectivity index (χ0n) is 16.8. The van der Waals surface area contributed by atoms with Crippen molar-refractivity contribution in [3.63, 3.8) is 0 Å². The number of carbonyl (C=O) groups is 2. The highest BCUT2D eigenvalue weighted by atomic mass is 16.5. The van der Waals surface area contributed by atoms with E-state index in [0.717, 1.165) is 6.42 Å². The smallest absolute Gasteiger partial charge is 0.224 e. The van der Waals surface area contributed by atoms with Crippen molar-refractivity contribution in [1.82, 2.24) is 5.32 Å². The Labute approximate surface area is 153 Å². The van der Waals surface area contributed by atoms with Crippen LogP contribution in [0.25, 0.3) is 0 Å². The Morgan fingerprint density at radius 3 is 1.80 bits per heavy atom. The van der Waals surface area contributed by atoms with Gasteiger partial charge in [-0.05, 0) is 26.2 Å². The lowest BCUT2D eigenvalue weighted by Gasteiger charge is -2.32. The summed E-state index contributed by atoms with van der Waals surface area (Å²) < 4.78 is 5.32. The molecule has 2 unspecified atom stereocenters. The summed E-state index contributed by atoms with van der Waals surface area (Å²) in [7, 11) is 1.56. The molecule has 25 heavy (non-hydrogen) atoms. The maximum absolute atomic E-state index is 11.9. The lowest BCUT2D eigenvalue weighted by Crippen LogP contribution is -2.55. The van der Waals surface area contributed by atoms with Crippen LogP contribution in [0.1, 0.15) is 54.4 Å². The zero-order valence-corrected chi connectivity index (χ0v) is 16.8. The molecule has 1 aliphatic carbocycles. The third kappa shape index (κ3) is 8.30. The van der Waals surface area contributed by atoms with Gasteiger partial charge in [-0.1, -0.05) is 64.1 Å². The van der Waals surface area contributed by atoms with Gasteiger partial charge in [0.2, 0.25) is 5.91 Å². The predicted molar refractivity (Wildman–Crippen MR) is 103 cm³/mol. The standard InChI is InChI=1S/C13H23NO3.C6H6.C2H6/c1-6-10(15)11(13(3,4)17-5)14-12(16)9-7-8(9)2;1-2-4-6-5-3-1;1-2/h8-9,11H,6-7H2,1-5H3,(H,14,16);1-6H;1-2H3/t8-,9?,11?;;/m1../s1. The van der Waals surface area contributed by atoms with E-state index in [4.69, 9.17) is 4.74 Å². The van der Waals surface area contributed by atoms with Crippen LogP contribution in [-0.4, -0.2) is 30.4 Å². The highest BCUT2D eigenvalue weighted by molar-refractivity contribution is 5.91. The summed E-state index contributed by atoms with van der Waals surface area (Å²) in [4.78, 5) is 23.8.